The molecular weight excluding hydrogens is 176 g/mol. The van der Waals surface area contributed by atoms with Gasteiger partial charge >= 0.3 is 5.97 Å². The Morgan fingerprint density at radius 3 is 2.14 bits per heavy atom. The fraction of sp³-hybridized carbons (Fsp3) is 0.917. The van der Waals surface area contributed by atoms with Gasteiger partial charge in [0.15, 0.2) is 0 Å². The molecule has 0 aliphatic rings. The van der Waals surface area contributed by atoms with Crippen LogP contribution in [0.1, 0.15) is 47.5 Å². The molecule has 1 atom stereocenters. The minimum Gasteiger partial charge on any atom is -0.465 e. The smallest absolute Gasteiger partial charge is 0.309 e. The molecule has 0 bridgehead atoms. The number of carbonyl (C=O) groups excluding carboxylic acids is 1. The molecule has 0 aromatic heterocycles. The lowest BCUT2D eigenvalue weighted by Crippen LogP contribution is -2.24. The van der Waals surface area contributed by atoms with Crippen LogP contribution in [0.15, 0.2) is 0 Å². The highest BCUT2D eigenvalue weighted by Crippen LogP contribution is 2.21. The summed E-state index contributed by atoms with van der Waals surface area (Å²) >= 11 is 0. The molecule has 1 unspecified atom stereocenters. The first-order valence-corrected chi connectivity index (χ1v) is 5.65. The molecule has 0 saturated carbocycles. The van der Waals surface area contributed by atoms with Crippen LogP contribution in [0.4, 0.5) is 0 Å². The van der Waals surface area contributed by atoms with Crippen LogP contribution in [-0.2, 0) is 9.53 Å². The Morgan fingerprint density at radius 2 is 1.79 bits per heavy atom. The standard InChI is InChI=1S/C12H24O2/c1-6-7-14-12(13)11(10(4)5)8-9(2)3/h9-11H,6-8H2,1-5H3. The molecule has 0 aromatic carbocycles. The summed E-state index contributed by atoms with van der Waals surface area (Å²) in [6, 6.07) is 0. The van der Waals surface area contributed by atoms with Crippen molar-refractivity contribution in [3.63, 3.8) is 0 Å². The Hall–Kier alpha value is -0.530. The predicted molar refractivity (Wildman–Crippen MR) is 59.0 cm³/mol. The molecule has 0 aliphatic heterocycles. The third-order valence-corrected chi connectivity index (χ3v) is 2.28. The van der Waals surface area contributed by atoms with E-state index in [1.165, 1.54) is 0 Å². The third-order valence-electron chi connectivity index (χ3n) is 2.28. The maximum Gasteiger partial charge on any atom is 0.309 e. The lowest BCUT2D eigenvalue weighted by molar-refractivity contribution is -0.150. The number of rotatable bonds is 6. The number of hydrogen-bond acceptors (Lipinski definition) is 2. The third kappa shape index (κ3) is 5.25. The molecule has 0 fully saturated rings. The van der Waals surface area contributed by atoms with E-state index in [9.17, 15) is 4.79 Å². The topological polar surface area (TPSA) is 26.3 Å². The highest BCUT2D eigenvalue weighted by molar-refractivity contribution is 5.72. The summed E-state index contributed by atoms with van der Waals surface area (Å²) in [5.74, 6) is 0.982. The number of esters is 1. The minimum atomic E-state index is -0.0180. The quantitative estimate of drug-likeness (QED) is 0.615. The van der Waals surface area contributed by atoms with E-state index >= 15 is 0 Å². The van der Waals surface area contributed by atoms with Gasteiger partial charge in [-0.3, -0.25) is 4.79 Å². The zero-order chi connectivity index (χ0) is 11.1. The summed E-state index contributed by atoms with van der Waals surface area (Å²) in [4.78, 5) is 11.7. The van der Waals surface area contributed by atoms with Crippen molar-refractivity contribution in [3.8, 4) is 0 Å². The second-order valence-electron chi connectivity index (χ2n) is 4.65. The molecule has 0 amide bonds. The SMILES string of the molecule is CCCOC(=O)C(CC(C)C)C(C)C. The largest absolute Gasteiger partial charge is 0.465 e. The van der Waals surface area contributed by atoms with Gasteiger partial charge in [-0.1, -0.05) is 34.6 Å². The van der Waals surface area contributed by atoms with Crippen molar-refractivity contribution in [2.24, 2.45) is 17.8 Å². The van der Waals surface area contributed by atoms with Crippen molar-refractivity contribution in [1.82, 2.24) is 0 Å². The normalized spacial score (nSPS) is 13.4. The Morgan fingerprint density at radius 1 is 1.21 bits per heavy atom. The van der Waals surface area contributed by atoms with Crippen LogP contribution in [0, 0.1) is 17.8 Å². The van der Waals surface area contributed by atoms with Gasteiger partial charge in [-0.05, 0) is 24.7 Å². The maximum atomic E-state index is 11.7. The van der Waals surface area contributed by atoms with Crippen molar-refractivity contribution in [2.45, 2.75) is 47.5 Å². The molecule has 0 heterocycles. The lowest BCUT2D eigenvalue weighted by Gasteiger charge is -2.20. The summed E-state index contributed by atoms with van der Waals surface area (Å²) in [6.07, 6.45) is 1.83. The van der Waals surface area contributed by atoms with Crippen LogP contribution < -0.4 is 0 Å². The molecule has 14 heavy (non-hydrogen) atoms. The van der Waals surface area contributed by atoms with Gasteiger partial charge < -0.3 is 4.74 Å². The zero-order valence-electron chi connectivity index (χ0n) is 10.2. The van der Waals surface area contributed by atoms with Crippen LogP contribution in [-0.4, -0.2) is 12.6 Å². The molecule has 2 nitrogen and oxygen atoms in total. The molecule has 0 N–H and O–H groups in total. The van der Waals surface area contributed by atoms with Gasteiger partial charge in [0.25, 0.3) is 0 Å². The summed E-state index contributed by atoms with van der Waals surface area (Å²) in [5, 5.41) is 0. The van der Waals surface area contributed by atoms with E-state index in [2.05, 4.69) is 27.7 Å². The second kappa shape index (κ2) is 6.86. The van der Waals surface area contributed by atoms with Gasteiger partial charge in [0, 0.05) is 0 Å². The average Bonchev–Trinajstić information content (AvgIpc) is 2.09. The molecule has 0 radical (unpaired) electrons. The molecule has 0 aromatic rings. The van der Waals surface area contributed by atoms with E-state index in [-0.39, 0.29) is 11.9 Å². The second-order valence-corrected chi connectivity index (χ2v) is 4.65. The summed E-state index contributed by atoms with van der Waals surface area (Å²) < 4.78 is 5.18. The summed E-state index contributed by atoms with van der Waals surface area (Å²) in [5.41, 5.74) is 0. The Kier molecular flexibility index (Phi) is 6.60. The van der Waals surface area contributed by atoms with E-state index in [4.69, 9.17) is 4.74 Å². The first-order valence-electron chi connectivity index (χ1n) is 5.65. The monoisotopic (exact) mass is 200 g/mol. The van der Waals surface area contributed by atoms with Crippen molar-refractivity contribution < 1.29 is 9.53 Å². The summed E-state index contributed by atoms with van der Waals surface area (Å²) in [6.45, 7) is 11.0. The molecule has 0 spiro atoms. The molecule has 0 rings (SSSR count). The number of ether oxygens (including phenoxy) is 1. The van der Waals surface area contributed by atoms with Crippen molar-refractivity contribution in [1.29, 1.82) is 0 Å². The van der Waals surface area contributed by atoms with Gasteiger partial charge in [-0.2, -0.15) is 0 Å². The van der Waals surface area contributed by atoms with E-state index in [0.717, 1.165) is 12.8 Å². The van der Waals surface area contributed by atoms with E-state index in [0.29, 0.717) is 18.4 Å². The van der Waals surface area contributed by atoms with Crippen LogP contribution in [0.3, 0.4) is 0 Å². The first-order chi connectivity index (χ1) is 6.49. The molecule has 84 valence electrons. The molecule has 0 saturated heterocycles. The van der Waals surface area contributed by atoms with Gasteiger partial charge in [0.2, 0.25) is 0 Å². The van der Waals surface area contributed by atoms with E-state index in [1.807, 2.05) is 6.92 Å². The van der Waals surface area contributed by atoms with E-state index < -0.39 is 0 Å². The van der Waals surface area contributed by atoms with Gasteiger partial charge in [-0.25, -0.2) is 0 Å². The van der Waals surface area contributed by atoms with E-state index in [1.54, 1.807) is 0 Å². The van der Waals surface area contributed by atoms with Crippen LogP contribution in [0.25, 0.3) is 0 Å². The van der Waals surface area contributed by atoms with Crippen molar-refractivity contribution in [3.05, 3.63) is 0 Å². The molecule has 2 heteroatoms. The lowest BCUT2D eigenvalue weighted by atomic mass is 9.88. The Labute approximate surface area is 88.0 Å². The van der Waals surface area contributed by atoms with Crippen molar-refractivity contribution in [2.75, 3.05) is 6.61 Å². The highest BCUT2D eigenvalue weighted by Gasteiger charge is 2.24. The fourth-order valence-corrected chi connectivity index (χ4v) is 1.46. The predicted octanol–water partition coefficient (Wildman–Crippen LogP) is 3.26. The Balaban J connectivity index is 4.12. The molecule has 0 aliphatic carbocycles. The first kappa shape index (κ1) is 13.5. The number of carbonyl (C=O) groups is 1. The molecular formula is C12H24O2. The fourth-order valence-electron chi connectivity index (χ4n) is 1.46. The van der Waals surface area contributed by atoms with Crippen molar-refractivity contribution >= 4 is 5.97 Å². The van der Waals surface area contributed by atoms with Crippen LogP contribution in [0.5, 0.6) is 0 Å². The summed E-state index contributed by atoms with van der Waals surface area (Å²) in [7, 11) is 0. The van der Waals surface area contributed by atoms with Gasteiger partial charge in [-0.15, -0.1) is 0 Å². The zero-order valence-corrected chi connectivity index (χ0v) is 10.2. The van der Waals surface area contributed by atoms with Crippen LogP contribution >= 0.6 is 0 Å². The van der Waals surface area contributed by atoms with Gasteiger partial charge in [0.1, 0.15) is 0 Å². The highest BCUT2D eigenvalue weighted by atomic mass is 16.5. The maximum absolute atomic E-state index is 11.7. The Bertz CT molecular complexity index is 162. The van der Waals surface area contributed by atoms with Gasteiger partial charge in [0.05, 0.1) is 12.5 Å². The average molecular weight is 200 g/mol. The van der Waals surface area contributed by atoms with Crippen LogP contribution in [0.2, 0.25) is 0 Å². The minimum absolute atomic E-state index is 0.0180. The number of hydrogen-bond donors (Lipinski definition) is 0.